The second kappa shape index (κ2) is 5.60. The molecule has 0 saturated heterocycles. The van der Waals surface area contributed by atoms with E-state index in [2.05, 4.69) is 0 Å². The van der Waals surface area contributed by atoms with Crippen LogP contribution in [0, 0.1) is 0 Å². The third kappa shape index (κ3) is 2.84. The van der Waals surface area contributed by atoms with E-state index in [4.69, 9.17) is 10.5 Å². The third-order valence-corrected chi connectivity index (χ3v) is 3.36. The summed E-state index contributed by atoms with van der Waals surface area (Å²) >= 11 is 1.16. The van der Waals surface area contributed by atoms with Crippen LogP contribution in [0.2, 0.25) is 0 Å². The van der Waals surface area contributed by atoms with Gasteiger partial charge in [-0.25, -0.2) is 0 Å². The molecule has 2 aromatic rings. The number of anilines is 1. The normalized spacial score (nSPS) is 10.1. The molecule has 2 N–H and O–H groups in total. The number of para-hydroxylation sites is 1. The lowest BCUT2D eigenvalue weighted by molar-refractivity contribution is 0.108. The predicted molar refractivity (Wildman–Crippen MR) is 74.0 cm³/mol. The fourth-order valence-corrected chi connectivity index (χ4v) is 2.27. The molecule has 0 saturated carbocycles. The SMILES string of the molecule is COc1ccc(SC(=O)c2ccccc2N)cc1. The van der Waals surface area contributed by atoms with Gasteiger partial charge in [-0.1, -0.05) is 12.1 Å². The van der Waals surface area contributed by atoms with Crippen LogP contribution in [0.1, 0.15) is 10.4 Å². The van der Waals surface area contributed by atoms with E-state index < -0.39 is 0 Å². The van der Waals surface area contributed by atoms with Crippen molar-refractivity contribution in [2.24, 2.45) is 0 Å². The van der Waals surface area contributed by atoms with Crippen LogP contribution in [-0.2, 0) is 0 Å². The van der Waals surface area contributed by atoms with E-state index in [0.29, 0.717) is 11.3 Å². The van der Waals surface area contributed by atoms with Crippen molar-refractivity contribution in [3.05, 3.63) is 54.1 Å². The Morgan fingerprint density at radius 2 is 1.78 bits per heavy atom. The molecule has 0 aromatic heterocycles. The van der Waals surface area contributed by atoms with Crippen LogP contribution in [0.25, 0.3) is 0 Å². The van der Waals surface area contributed by atoms with E-state index >= 15 is 0 Å². The van der Waals surface area contributed by atoms with E-state index in [0.717, 1.165) is 22.4 Å². The van der Waals surface area contributed by atoms with E-state index in [9.17, 15) is 4.79 Å². The maximum atomic E-state index is 12.0. The Kier molecular flexibility index (Phi) is 3.89. The van der Waals surface area contributed by atoms with Gasteiger partial charge in [0.2, 0.25) is 5.12 Å². The molecule has 0 bridgehead atoms. The third-order valence-electron chi connectivity index (χ3n) is 2.45. The van der Waals surface area contributed by atoms with E-state index in [-0.39, 0.29) is 5.12 Å². The van der Waals surface area contributed by atoms with Crippen molar-refractivity contribution < 1.29 is 9.53 Å². The van der Waals surface area contributed by atoms with Gasteiger partial charge in [-0.3, -0.25) is 4.79 Å². The summed E-state index contributed by atoms with van der Waals surface area (Å²) < 4.78 is 5.06. The minimum Gasteiger partial charge on any atom is -0.497 e. The van der Waals surface area contributed by atoms with Crippen LogP contribution in [0.3, 0.4) is 0 Å². The monoisotopic (exact) mass is 259 g/mol. The van der Waals surface area contributed by atoms with Crippen molar-refractivity contribution in [3.63, 3.8) is 0 Å². The van der Waals surface area contributed by atoms with E-state index in [1.165, 1.54) is 0 Å². The number of ether oxygens (including phenoxy) is 1. The molecule has 18 heavy (non-hydrogen) atoms. The first-order valence-electron chi connectivity index (χ1n) is 5.41. The molecule has 2 aromatic carbocycles. The maximum absolute atomic E-state index is 12.0. The summed E-state index contributed by atoms with van der Waals surface area (Å²) in [5.41, 5.74) is 6.81. The Hall–Kier alpha value is -1.94. The molecule has 0 aliphatic heterocycles. The summed E-state index contributed by atoms with van der Waals surface area (Å²) in [7, 11) is 1.61. The Morgan fingerprint density at radius 1 is 1.11 bits per heavy atom. The second-order valence-electron chi connectivity index (χ2n) is 3.65. The molecule has 0 amide bonds. The van der Waals surface area contributed by atoms with Crippen LogP contribution >= 0.6 is 11.8 Å². The molecule has 92 valence electrons. The van der Waals surface area contributed by atoms with Gasteiger partial charge in [-0.15, -0.1) is 0 Å². The van der Waals surface area contributed by atoms with Gasteiger partial charge in [0, 0.05) is 10.6 Å². The summed E-state index contributed by atoms with van der Waals surface area (Å²) in [5.74, 6) is 0.769. The Morgan fingerprint density at radius 3 is 2.39 bits per heavy atom. The molecule has 0 radical (unpaired) electrons. The lowest BCUT2D eigenvalue weighted by Crippen LogP contribution is -1.99. The lowest BCUT2D eigenvalue weighted by atomic mass is 10.2. The van der Waals surface area contributed by atoms with Gasteiger partial charge in [0.25, 0.3) is 0 Å². The number of hydrogen-bond donors (Lipinski definition) is 1. The Labute approximate surface area is 110 Å². The van der Waals surface area contributed by atoms with Crippen molar-refractivity contribution in [2.45, 2.75) is 4.90 Å². The van der Waals surface area contributed by atoms with Crippen molar-refractivity contribution in [1.82, 2.24) is 0 Å². The number of methoxy groups -OCH3 is 1. The van der Waals surface area contributed by atoms with Gasteiger partial charge >= 0.3 is 0 Å². The largest absolute Gasteiger partial charge is 0.497 e. The van der Waals surface area contributed by atoms with Gasteiger partial charge in [-0.05, 0) is 48.2 Å². The molecule has 2 rings (SSSR count). The van der Waals surface area contributed by atoms with Crippen LogP contribution in [0.4, 0.5) is 5.69 Å². The molecule has 0 atom stereocenters. The fraction of sp³-hybridized carbons (Fsp3) is 0.0714. The summed E-state index contributed by atoms with van der Waals surface area (Å²) in [5, 5.41) is -0.0572. The first-order valence-corrected chi connectivity index (χ1v) is 6.23. The second-order valence-corrected chi connectivity index (χ2v) is 4.70. The van der Waals surface area contributed by atoms with Gasteiger partial charge in [0.15, 0.2) is 0 Å². The molecular weight excluding hydrogens is 246 g/mol. The number of carbonyl (C=O) groups is 1. The maximum Gasteiger partial charge on any atom is 0.226 e. The zero-order chi connectivity index (χ0) is 13.0. The number of carbonyl (C=O) groups excluding carboxylic acids is 1. The van der Waals surface area contributed by atoms with E-state index in [1.807, 2.05) is 30.3 Å². The first kappa shape index (κ1) is 12.5. The quantitative estimate of drug-likeness (QED) is 0.679. The highest BCUT2D eigenvalue weighted by atomic mass is 32.2. The average molecular weight is 259 g/mol. The van der Waals surface area contributed by atoms with Crippen LogP contribution in [0.5, 0.6) is 5.75 Å². The molecule has 0 aliphatic rings. The standard InChI is InChI=1S/C14H13NO2S/c1-17-10-6-8-11(9-7-10)18-14(16)12-4-2-3-5-13(12)15/h2-9H,15H2,1H3. The fourth-order valence-electron chi connectivity index (χ4n) is 1.49. The highest BCUT2D eigenvalue weighted by molar-refractivity contribution is 8.14. The van der Waals surface area contributed by atoms with Gasteiger partial charge < -0.3 is 10.5 Å². The van der Waals surface area contributed by atoms with Crippen LogP contribution in [-0.4, -0.2) is 12.2 Å². The average Bonchev–Trinajstić information content (AvgIpc) is 2.40. The van der Waals surface area contributed by atoms with Crippen molar-refractivity contribution in [2.75, 3.05) is 12.8 Å². The number of hydrogen-bond acceptors (Lipinski definition) is 4. The lowest BCUT2D eigenvalue weighted by Gasteiger charge is -2.04. The highest BCUT2D eigenvalue weighted by Gasteiger charge is 2.10. The molecule has 4 heteroatoms. The Bertz CT molecular complexity index is 552. The molecule has 0 heterocycles. The predicted octanol–water partition coefficient (Wildman–Crippen LogP) is 3.21. The number of nitrogens with two attached hydrogens (primary N) is 1. The first-order chi connectivity index (χ1) is 8.70. The minimum absolute atomic E-state index is 0.0572. The van der Waals surface area contributed by atoms with Gasteiger partial charge in [0.1, 0.15) is 5.75 Å². The number of rotatable bonds is 3. The van der Waals surface area contributed by atoms with Crippen LogP contribution < -0.4 is 10.5 Å². The summed E-state index contributed by atoms with van der Waals surface area (Å²) in [6.45, 7) is 0. The molecule has 0 aliphatic carbocycles. The molecular formula is C14H13NO2S. The molecule has 0 unspecified atom stereocenters. The summed E-state index contributed by atoms with van der Waals surface area (Å²) in [4.78, 5) is 12.9. The summed E-state index contributed by atoms with van der Waals surface area (Å²) in [6.07, 6.45) is 0. The zero-order valence-corrected chi connectivity index (χ0v) is 10.7. The highest BCUT2D eigenvalue weighted by Crippen LogP contribution is 2.26. The van der Waals surface area contributed by atoms with Crippen molar-refractivity contribution >= 4 is 22.6 Å². The minimum atomic E-state index is -0.0572. The Balaban J connectivity index is 2.14. The van der Waals surface area contributed by atoms with Crippen molar-refractivity contribution in [1.29, 1.82) is 0 Å². The molecule has 0 spiro atoms. The van der Waals surface area contributed by atoms with Gasteiger partial charge in [-0.2, -0.15) is 0 Å². The van der Waals surface area contributed by atoms with Crippen molar-refractivity contribution in [3.8, 4) is 5.75 Å². The molecule has 0 fully saturated rings. The summed E-state index contributed by atoms with van der Waals surface area (Å²) in [6, 6.07) is 14.4. The number of thioether (sulfide) groups is 1. The number of nitrogen functional groups attached to an aromatic ring is 1. The van der Waals surface area contributed by atoms with Crippen LogP contribution in [0.15, 0.2) is 53.4 Å². The van der Waals surface area contributed by atoms with Gasteiger partial charge in [0.05, 0.1) is 12.7 Å². The van der Waals surface area contributed by atoms with E-state index in [1.54, 1.807) is 25.3 Å². The molecule has 3 nitrogen and oxygen atoms in total. The topological polar surface area (TPSA) is 52.3 Å². The zero-order valence-electron chi connectivity index (χ0n) is 9.92. The number of benzene rings is 2. The smallest absolute Gasteiger partial charge is 0.226 e.